The standard InChI is InChI=1S/C11H14N4O2S/c1-3-17-10(16)6(2)13-8-7-4-5-18-9(7)15-11(12)14-8/h4-6H,3H2,1-2H3,(H3,12,13,14,15). The van der Waals surface area contributed by atoms with Crippen LogP contribution >= 0.6 is 11.3 Å². The Kier molecular flexibility index (Phi) is 3.61. The Morgan fingerprint density at radius 2 is 2.39 bits per heavy atom. The maximum absolute atomic E-state index is 11.5. The van der Waals surface area contributed by atoms with Crippen molar-refractivity contribution in [2.75, 3.05) is 17.7 Å². The van der Waals surface area contributed by atoms with E-state index in [2.05, 4.69) is 15.3 Å². The number of hydrogen-bond acceptors (Lipinski definition) is 7. The number of esters is 1. The van der Waals surface area contributed by atoms with Crippen LogP contribution < -0.4 is 11.1 Å². The summed E-state index contributed by atoms with van der Waals surface area (Å²) in [7, 11) is 0. The van der Waals surface area contributed by atoms with Gasteiger partial charge in [0.1, 0.15) is 16.7 Å². The number of nitrogens with one attached hydrogen (secondary N) is 1. The molecule has 7 heteroatoms. The summed E-state index contributed by atoms with van der Waals surface area (Å²) in [5.41, 5.74) is 5.62. The number of hydrogen-bond donors (Lipinski definition) is 2. The minimum atomic E-state index is -0.484. The Hall–Kier alpha value is -1.89. The van der Waals surface area contributed by atoms with E-state index in [1.54, 1.807) is 13.8 Å². The summed E-state index contributed by atoms with van der Waals surface area (Å²) in [6.07, 6.45) is 0. The minimum absolute atomic E-state index is 0.184. The number of carbonyl (C=O) groups excluding carboxylic acids is 1. The second kappa shape index (κ2) is 5.18. The van der Waals surface area contributed by atoms with Crippen molar-refractivity contribution >= 4 is 39.3 Å². The largest absolute Gasteiger partial charge is 0.464 e. The number of rotatable bonds is 4. The van der Waals surface area contributed by atoms with Gasteiger partial charge in [-0.15, -0.1) is 11.3 Å². The SMILES string of the molecule is CCOC(=O)C(C)Nc1nc(N)nc2sccc12. The van der Waals surface area contributed by atoms with Gasteiger partial charge in [-0.2, -0.15) is 4.98 Å². The van der Waals surface area contributed by atoms with E-state index in [0.717, 1.165) is 10.2 Å². The van der Waals surface area contributed by atoms with E-state index < -0.39 is 6.04 Å². The molecule has 2 aromatic rings. The number of nitrogens with two attached hydrogens (primary N) is 1. The summed E-state index contributed by atoms with van der Waals surface area (Å²) in [6.45, 7) is 3.84. The molecule has 0 spiro atoms. The zero-order valence-corrected chi connectivity index (χ0v) is 11.0. The fourth-order valence-corrected chi connectivity index (χ4v) is 2.28. The topological polar surface area (TPSA) is 90.1 Å². The second-order valence-corrected chi connectivity index (χ2v) is 4.58. The Balaban J connectivity index is 2.25. The molecule has 0 aliphatic heterocycles. The highest BCUT2D eigenvalue weighted by Gasteiger charge is 2.16. The summed E-state index contributed by atoms with van der Waals surface area (Å²) < 4.78 is 4.93. The van der Waals surface area contributed by atoms with E-state index in [0.29, 0.717) is 12.4 Å². The van der Waals surface area contributed by atoms with Crippen LogP contribution in [-0.2, 0) is 9.53 Å². The third-order valence-electron chi connectivity index (χ3n) is 2.34. The number of carbonyl (C=O) groups is 1. The van der Waals surface area contributed by atoms with Crippen molar-refractivity contribution in [3.8, 4) is 0 Å². The van der Waals surface area contributed by atoms with Crippen molar-refractivity contribution in [2.24, 2.45) is 0 Å². The number of aromatic nitrogens is 2. The third kappa shape index (κ3) is 2.51. The lowest BCUT2D eigenvalue weighted by atomic mass is 10.3. The fourth-order valence-electron chi connectivity index (χ4n) is 1.51. The number of ether oxygens (including phenoxy) is 1. The Morgan fingerprint density at radius 3 is 3.11 bits per heavy atom. The van der Waals surface area contributed by atoms with E-state index in [1.165, 1.54) is 11.3 Å². The molecule has 0 saturated heterocycles. The highest BCUT2D eigenvalue weighted by Crippen LogP contribution is 2.26. The lowest BCUT2D eigenvalue weighted by molar-refractivity contribution is -0.143. The monoisotopic (exact) mass is 266 g/mol. The highest BCUT2D eigenvalue weighted by molar-refractivity contribution is 7.16. The summed E-state index contributed by atoms with van der Waals surface area (Å²) in [4.78, 5) is 20.6. The van der Waals surface area contributed by atoms with Gasteiger partial charge in [0.2, 0.25) is 5.95 Å². The van der Waals surface area contributed by atoms with Crippen molar-refractivity contribution < 1.29 is 9.53 Å². The average molecular weight is 266 g/mol. The molecule has 1 unspecified atom stereocenters. The number of fused-ring (bicyclic) bond motifs is 1. The molecule has 0 bridgehead atoms. The fraction of sp³-hybridized carbons (Fsp3) is 0.364. The molecular formula is C11H14N4O2S. The first kappa shape index (κ1) is 12.6. The lowest BCUT2D eigenvalue weighted by Gasteiger charge is -2.13. The van der Waals surface area contributed by atoms with E-state index in [4.69, 9.17) is 10.5 Å². The van der Waals surface area contributed by atoms with Gasteiger partial charge in [-0.05, 0) is 25.3 Å². The molecular weight excluding hydrogens is 252 g/mol. The van der Waals surface area contributed by atoms with Crippen molar-refractivity contribution in [2.45, 2.75) is 19.9 Å². The van der Waals surface area contributed by atoms with Crippen LogP contribution in [0.15, 0.2) is 11.4 Å². The molecule has 0 fully saturated rings. The molecule has 0 amide bonds. The van der Waals surface area contributed by atoms with Crippen molar-refractivity contribution in [1.82, 2.24) is 9.97 Å². The maximum atomic E-state index is 11.5. The van der Waals surface area contributed by atoms with E-state index >= 15 is 0 Å². The number of thiophene rings is 1. The van der Waals surface area contributed by atoms with Crippen LogP contribution in [0.5, 0.6) is 0 Å². The van der Waals surface area contributed by atoms with Crippen molar-refractivity contribution in [3.05, 3.63) is 11.4 Å². The molecule has 3 N–H and O–H groups in total. The molecule has 1 atom stereocenters. The van der Waals surface area contributed by atoms with Gasteiger partial charge in [-0.25, -0.2) is 9.78 Å². The van der Waals surface area contributed by atoms with Gasteiger partial charge in [-0.1, -0.05) is 0 Å². The molecule has 0 aliphatic rings. The molecule has 0 aliphatic carbocycles. The first-order chi connectivity index (χ1) is 8.61. The molecule has 96 valence electrons. The van der Waals surface area contributed by atoms with E-state index in [9.17, 15) is 4.79 Å². The summed E-state index contributed by atoms with van der Waals surface area (Å²) in [5, 5.41) is 5.75. The number of anilines is 2. The smallest absolute Gasteiger partial charge is 0.328 e. The Bertz CT molecular complexity index is 569. The van der Waals surface area contributed by atoms with E-state index in [1.807, 2.05) is 11.4 Å². The van der Waals surface area contributed by atoms with Gasteiger partial charge >= 0.3 is 5.97 Å². The summed E-state index contributed by atoms with van der Waals surface area (Å²) in [5.74, 6) is 0.417. The van der Waals surface area contributed by atoms with Crippen LogP contribution in [0.25, 0.3) is 10.2 Å². The predicted octanol–water partition coefficient (Wildman–Crippen LogP) is 1.64. The average Bonchev–Trinajstić information content (AvgIpc) is 2.77. The lowest BCUT2D eigenvalue weighted by Crippen LogP contribution is -2.28. The zero-order chi connectivity index (χ0) is 13.1. The minimum Gasteiger partial charge on any atom is -0.464 e. The second-order valence-electron chi connectivity index (χ2n) is 3.69. The molecule has 2 rings (SSSR count). The number of nitrogens with zero attached hydrogens (tertiary/aromatic N) is 2. The van der Waals surface area contributed by atoms with Gasteiger partial charge in [0.25, 0.3) is 0 Å². The van der Waals surface area contributed by atoms with Crippen LogP contribution in [0.4, 0.5) is 11.8 Å². The summed E-state index contributed by atoms with van der Waals surface area (Å²) >= 11 is 1.47. The first-order valence-electron chi connectivity index (χ1n) is 5.55. The van der Waals surface area contributed by atoms with Gasteiger partial charge in [0.05, 0.1) is 12.0 Å². The van der Waals surface area contributed by atoms with Crippen molar-refractivity contribution in [1.29, 1.82) is 0 Å². The first-order valence-corrected chi connectivity index (χ1v) is 6.43. The number of nitrogen functional groups attached to an aromatic ring is 1. The molecule has 2 aromatic heterocycles. The van der Waals surface area contributed by atoms with Gasteiger partial charge in [0.15, 0.2) is 0 Å². The molecule has 18 heavy (non-hydrogen) atoms. The van der Waals surface area contributed by atoms with Crippen LogP contribution in [0.1, 0.15) is 13.8 Å². The Labute approximate surface area is 108 Å². The molecule has 0 radical (unpaired) electrons. The van der Waals surface area contributed by atoms with Crippen LogP contribution in [0, 0.1) is 0 Å². The Morgan fingerprint density at radius 1 is 1.61 bits per heavy atom. The van der Waals surface area contributed by atoms with Crippen molar-refractivity contribution in [3.63, 3.8) is 0 Å². The van der Waals surface area contributed by atoms with Gasteiger partial charge in [-0.3, -0.25) is 0 Å². The molecule has 0 saturated carbocycles. The maximum Gasteiger partial charge on any atom is 0.328 e. The van der Waals surface area contributed by atoms with E-state index in [-0.39, 0.29) is 11.9 Å². The summed E-state index contributed by atoms with van der Waals surface area (Å²) in [6, 6.07) is 1.40. The van der Waals surface area contributed by atoms with Gasteiger partial charge in [0, 0.05) is 0 Å². The molecule has 0 aromatic carbocycles. The highest BCUT2D eigenvalue weighted by atomic mass is 32.1. The van der Waals surface area contributed by atoms with Crippen LogP contribution in [-0.4, -0.2) is 28.6 Å². The molecule has 6 nitrogen and oxygen atoms in total. The molecule has 2 heterocycles. The zero-order valence-electron chi connectivity index (χ0n) is 10.1. The van der Waals surface area contributed by atoms with Crippen LogP contribution in [0.3, 0.4) is 0 Å². The van der Waals surface area contributed by atoms with Crippen LogP contribution in [0.2, 0.25) is 0 Å². The van der Waals surface area contributed by atoms with Gasteiger partial charge < -0.3 is 15.8 Å². The predicted molar refractivity (Wildman–Crippen MR) is 71.5 cm³/mol. The normalized spacial score (nSPS) is 12.3. The third-order valence-corrected chi connectivity index (χ3v) is 3.14. The quantitative estimate of drug-likeness (QED) is 0.817.